The molecule has 1 aromatic heterocycles. The summed E-state index contributed by atoms with van der Waals surface area (Å²) in [6, 6.07) is 11.2. The highest BCUT2D eigenvalue weighted by Gasteiger charge is 2.17. The van der Waals surface area contributed by atoms with E-state index in [1.54, 1.807) is 24.3 Å². The highest BCUT2D eigenvalue weighted by molar-refractivity contribution is 7.80. The van der Waals surface area contributed by atoms with Crippen LogP contribution in [0.4, 0.5) is 5.69 Å². The summed E-state index contributed by atoms with van der Waals surface area (Å²) in [7, 11) is 0. The third-order valence-corrected chi connectivity index (χ3v) is 5.36. The maximum absolute atomic E-state index is 12.4. The number of anilines is 1. The van der Waals surface area contributed by atoms with Crippen molar-refractivity contribution in [1.29, 1.82) is 0 Å². The fourth-order valence-electron chi connectivity index (χ4n) is 2.27. The van der Waals surface area contributed by atoms with Gasteiger partial charge in [-0.1, -0.05) is 64.1 Å². The van der Waals surface area contributed by atoms with Crippen LogP contribution < -0.4 is 10.6 Å². The molecule has 0 atom stereocenters. The lowest BCUT2D eigenvalue weighted by molar-refractivity contribution is 0.0951. The molecule has 0 spiro atoms. The zero-order valence-electron chi connectivity index (χ0n) is 13.7. The average molecular weight is 495 g/mol. The third-order valence-electron chi connectivity index (χ3n) is 3.52. The minimum Gasteiger partial charge on any atom is -0.451 e. The molecule has 1 amide bonds. The summed E-state index contributed by atoms with van der Waals surface area (Å²) in [6.45, 7) is 0. The summed E-state index contributed by atoms with van der Waals surface area (Å²) in [5, 5.41) is 6.81. The van der Waals surface area contributed by atoms with Gasteiger partial charge in [-0.05, 0) is 48.6 Å². The van der Waals surface area contributed by atoms with Crippen molar-refractivity contribution in [1.82, 2.24) is 5.32 Å². The van der Waals surface area contributed by atoms with Crippen LogP contribution in [-0.2, 0) is 0 Å². The molecule has 3 rings (SSSR count). The minimum absolute atomic E-state index is 0.0186. The quantitative estimate of drug-likeness (QED) is 0.374. The number of benzene rings is 2. The Morgan fingerprint density at radius 1 is 0.929 bits per heavy atom. The summed E-state index contributed by atoms with van der Waals surface area (Å²) < 4.78 is 5.57. The fraction of sp³-hybridized carbons (Fsp3) is 0. The molecule has 144 valence electrons. The van der Waals surface area contributed by atoms with Crippen LogP contribution in [0.2, 0.25) is 25.1 Å². The molecule has 0 aliphatic rings. The van der Waals surface area contributed by atoms with E-state index in [-0.39, 0.29) is 20.9 Å². The average Bonchev–Trinajstić information content (AvgIpc) is 3.10. The summed E-state index contributed by atoms with van der Waals surface area (Å²) in [5.41, 5.74) is 0.887. The van der Waals surface area contributed by atoms with E-state index in [1.165, 1.54) is 18.2 Å². The first-order chi connectivity index (χ1) is 13.3. The van der Waals surface area contributed by atoms with Crippen molar-refractivity contribution in [3.05, 3.63) is 73.3 Å². The molecule has 4 nitrogen and oxygen atoms in total. The van der Waals surface area contributed by atoms with E-state index in [2.05, 4.69) is 10.6 Å². The van der Waals surface area contributed by atoms with Crippen LogP contribution in [-0.4, -0.2) is 11.0 Å². The molecule has 0 fully saturated rings. The molecule has 0 aliphatic heterocycles. The smallest absolute Gasteiger partial charge is 0.293 e. The standard InChI is InChI=1S/C18H9Cl5N2O2S/c19-8-6-11(21)16(12(22)7-8)24-18(28)25-17(26)14-5-4-13(27-14)9-2-1-3-10(20)15(9)23/h1-7H,(H2,24,25,26,28). The first-order valence-corrected chi connectivity index (χ1v) is 9.87. The topological polar surface area (TPSA) is 54.3 Å². The van der Waals surface area contributed by atoms with Crippen LogP contribution in [0.3, 0.4) is 0 Å². The molecule has 0 saturated carbocycles. The van der Waals surface area contributed by atoms with E-state index in [9.17, 15) is 4.79 Å². The van der Waals surface area contributed by atoms with Crippen LogP contribution >= 0.6 is 70.2 Å². The van der Waals surface area contributed by atoms with E-state index < -0.39 is 5.91 Å². The Kier molecular flexibility index (Phi) is 6.76. The molecule has 0 bridgehead atoms. The monoisotopic (exact) mass is 492 g/mol. The molecule has 28 heavy (non-hydrogen) atoms. The van der Waals surface area contributed by atoms with Gasteiger partial charge in [0.1, 0.15) is 5.76 Å². The molecule has 10 heteroatoms. The maximum Gasteiger partial charge on any atom is 0.293 e. The van der Waals surface area contributed by atoms with E-state index in [0.717, 1.165) is 0 Å². The number of carbonyl (C=O) groups excluding carboxylic acids is 1. The van der Waals surface area contributed by atoms with E-state index in [4.69, 9.17) is 74.6 Å². The maximum atomic E-state index is 12.4. The Balaban J connectivity index is 1.73. The molecule has 2 aromatic carbocycles. The second-order valence-electron chi connectivity index (χ2n) is 5.42. The van der Waals surface area contributed by atoms with Crippen LogP contribution in [0.1, 0.15) is 10.6 Å². The van der Waals surface area contributed by atoms with Gasteiger partial charge in [0.25, 0.3) is 5.91 Å². The van der Waals surface area contributed by atoms with Gasteiger partial charge in [0, 0.05) is 10.6 Å². The first kappa shape index (κ1) is 21.2. The Hall–Kier alpha value is -1.47. The zero-order valence-corrected chi connectivity index (χ0v) is 18.3. The summed E-state index contributed by atoms with van der Waals surface area (Å²) in [4.78, 5) is 12.4. The molecule has 1 heterocycles. The van der Waals surface area contributed by atoms with E-state index in [0.29, 0.717) is 32.1 Å². The van der Waals surface area contributed by atoms with Crippen LogP contribution in [0, 0.1) is 0 Å². The Morgan fingerprint density at radius 2 is 1.61 bits per heavy atom. The van der Waals surface area contributed by atoms with E-state index in [1.807, 2.05) is 0 Å². The van der Waals surface area contributed by atoms with Gasteiger partial charge in [0.05, 0.1) is 25.8 Å². The first-order valence-electron chi connectivity index (χ1n) is 7.57. The lowest BCUT2D eigenvalue weighted by Gasteiger charge is -2.12. The largest absolute Gasteiger partial charge is 0.451 e. The predicted octanol–water partition coefficient (Wildman–Crippen LogP) is 7.34. The van der Waals surface area contributed by atoms with Crippen molar-refractivity contribution in [2.45, 2.75) is 0 Å². The molecule has 0 saturated heterocycles. The second kappa shape index (κ2) is 8.91. The van der Waals surface area contributed by atoms with Crippen molar-refractivity contribution in [3.8, 4) is 11.3 Å². The van der Waals surface area contributed by atoms with Crippen LogP contribution in [0.25, 0.3) is 11.3 Å². The number of rotatable bonds is 3. The number of furan rings is 1. The van der Waals surface area contributed by atoms with Crippen molar-refractivity contribution < 1.29 is 9.21 Å². The molecule has 2 N–H and O–H groups in total. The van der Waals surface area contributed by atoms with Crippen LogP contribution in [0.5, 0.6) is 0 Å². The van der Waals surface area contributed by atoms with Gasteiger partial charge in [0.2, 0.25) is 0 Å². The summed E-state index contributed by atoms with van der Waals surface area (Å²) in [6.07, 6.45) is 0. The van der Waals surface area contributed by atoms with Gasteiger partial charge in [-0.25, -0.2) is 0 Å². The number of hydrogen-bond donors (Lipinski definition) is 2. The number of thiocarbonyl (C=S) groups is 1. The van der Waals surface area contributed by atoms with Gasteiger partial charge in [-0.15, -0.1) is 0 Å². The van der Waals surface area contributed by atoms with Crippen molar-refractivity contribution in [2.75, 3.05) is 5.32 Å². The second-order valence-corrected chi connectivity index (χ2v) is 7.86. The normalized spacial score (nSPS) is 10.6. The SMILES string of the molecule is O=C(NC(=S)Nc1c(Cl)cc(Cl)cc1Cl)c1ccc(-c2cccc(Cl)c2Cl)o1. The molecular weight excluding hydrogens is 486 g/mol. The number of amides is 1. The fourth-order valence-corrected chi connectivity index (χ4v) is 3.77. The molecule has 3 aromatic rings. The van der Waals surface area contributed by atoms with Crippen molar-refractivity contribution in [3.63, 3.8) is 0 Å². The number of carbonyl (C=O) groups is 1. The number of hydrogen-bond acceptors (Lipinski definition) is 3. The molecule has 0 unspecified atom stereocenters. The van der Waals surface area contributed by atoms with Crippen molar-refractivity contribution >= 4 is 86.9 Å². The predicted molar refractivity (Wildman–Crippen MR) is 119 cm³/mol. The minimum atomic E-state index is -0.567. The van der Waals surface area contributed by atoms with Gasteiger partial charge in [-0.3, -0.25) is 10.1 Å². The Bertz CT molecular complexity index is 1060. The Labute approximate surface area is 190 Å². The molecule has 0 aliphatic carbocycles. The number of halogens is 5. The van der Waals surface area contributed by atoms with Gasteiger partial charge < -0.3 is 9.73 Å². The van der Waals surface area contributed by atoms with Crippen molar-refractivity contribution in [2.24, 2.45) is 0 Å². The summed E-state index contributed by atoms with van der Waals surface area (Å²) in [5.74, 6) is -0.146. The van der Waals surface area contributed by atoms with Gasteiger partial charge in [-0.2, -0.15) is 0 Å². The third kappa shape index (κ3) is 4.74. The molecule has 0 radical (unpaired) electrons. The Morgan fingerprint density at radius 3 is 2.29 bits per heavy atom. The highest BCUT2D eigenvalue weighted by atomic mass is 35.5. The zero-order chi connectivity index (χ0) is 20.4. The van der Waals surface area contributed by atoms with E-state index >= 15 is 0 Å². The lowest BCUT2D eigenvalue weighted by atomic mass is 10.2. The highest BCUT2D eigenvalue weighted by Crippen LogP contribution is 2.35. The van der Waals surface area contributed by atoms with Gasteiger partial charge >= 0.3 is 0 Å². The van der Waals surface area contributed by atoms with Crippen LogP contribution in [0.15, 0.2) is 46.9 Å². The number of nitrogens with one attached hydrogen (secondary N) is 2. The molecular formula is C18H9Cl5N2O2S. The lowest BCUT2D eigenvalue weighted by Crippen LogP contribution is -2.34. The summed E-state index contributed by atoms with van der Waals surface area (Å²) >= 11 is 35.3. The van der Waals surface area contributed by atoms with Gasteiger partial charge in [0.15, 0.2) is 10.9 Å².